The predicted molar refractivity (Wildman–Crippen MR) is 82.3 cm³/mol. The quantitative estimate of drug-likeness (QED) is 0.685. The number of urea groups is 1. The molecule has 18 heavy (non-hydrogen) atoms. The van der Waals surface area contributed by atoms with Crippen LogP contribution in [0.3, 0.4) is 0 Å². The van der Waals surface area contributed by atoms with Crippen molar-refractivity contribution in [2.45, 2.75) is 19.9 Å². The minimum atomic E-state index is -0.119. The zero-order valence-electron chi connectivity index (χ0n) is 10.6. The largest absolute Gasteiger partial charge is 0.368 e. The highest BCUT2D eigenvalue weighted by Gasteiger charge is 2.17. The average Bonchev–Trinajstić information content (AvgIpc) is 2.30. The second-order valence-corrected chi connectivity index (χ2v) is 5.29. The van der Waals surface area contributed by atoms with Crippen LogP contribution in [0.25, 0.3) is 0 Å². The SMILES string of the molecule is C=C1CN(C(=O)NC(C)C)CCN=C(N)N=C1I. The molecule has 1 rings (SSSR count). The molecule has 0 unspecified atom stereocenters. The Morgan fingerprint density at radius 3 is 2.89 bits per heavy atom. The molecule has 0 aromatic carbocycles. The van der Waals surface area contributed by atoms with Crippen LogP contribution in [-0.4, -0.2) is 46.3 Å². The first kappa shape index (κ1) is 14.9. The van der Waals surface area contributed by atoms with Crippen LogP contribution in [-0.2, 0) is 0 Å². The van der Waals surface area contributed by atoms with E-state index in [1.54, 1.807) is 4.90 Å². The van der Waals surface area contributed by atoms with E-state index in [0.717, 1.165) is 5.57 Å². The maximum absolute atomic E-state index is 12.0. The molecule has 1 aliphatic rings. The summed E-state index contributed by atoms with van der Waals surface area (Å²) in [7, 11) is 0. The van der Waals surface area contributed by atoms with E-state index in [1.165, 1.54) is 0 Å². The number of aliphatic imine (C=N–C) groups is 2. The van der Waals surface area contributed by atoms with Crippen LogP contribution in [0.5, 0.6) is 0 Å². The topological polar surface area (TPSA) is 83.1 Å². The third-order valence-corrected chi connectivity index (χ3v) is 3.23. The third-order valence-electron chi connectivity index (χ3n) is 2.23. The summed E-state index contributed by atoms with van der Waals surface area (Å²) in [5.41, 5.74) is 6.38. The van der Waals surface area contributed by atoms with Gasteiger partial charge in [-0.05, 0) is 42.0 Å². The van der Waals surface area contributed by atoms with Crippen molar-refractivity contribution in [1.29, 1.82) is 0 Å². The standard InChI is InChI=1S/C11H18IN5O/c1-7(2)15-11(18)17-5-4-14-10(13)16-9(12)8(3)6-17/h7H,3-6H2,1-2H3,(H2,13,14)(H,15,18). The van der Waals surface area contributed by atoms with E-state index in [9.17, 15) is 4.79 Å². The Labute approximate surface area is 121 Å². The fourth-order valence-corrected chi connectivity index (χ4v) is 1.80. The normalized spacial score (nSPS) is 17.6. The van der Waals surface area contributed by atoms with E-state index in [4.69, 9.17) is 5.73 Å². The first-order valence-corrected chi connectivity index (χ1v) is 6.75. The first-order valence-electron chi connectivity index (χ1n) is 5.68. The van der Waals surface area contributed by atoms with Gasteiger partial charge in [0, 0.05) is 19.1 Å². The van der Waals surface area contributed by atoms with Gasteiger partial charge in [0.1, 0.15) is 3.72 Å². The second kappa shape index (κ2) is 6.72. The molecule has 0 radical (unpaired) electrons. The van der Waals surface area contributed by atoms with E-state index in [0.29, 0.717) is 23.4 Å². The van der Waals surface area contributed by atoms with Crippen molar-refractivity contribution in [3.8, 4) is 0 Å². The van der Waals surface area contributed by atoms with Gasteiger partial charge in [0.2, 0.25) is 5.96 Å². The Hall–Kier alpha value is -1.12. The number of hydrogen-bond acceptors (Lipinski definition) is 4. The second-order valence-electron chi connectivity index (χ2n) is 4.27. The summed E-state index contributed by atoms with van der Waals surface area (Å²) in [6.07, 6.45) is 0. The number of carbonyl (C=O) groups excluding carboxylic acids is 1. The van der Waals surface area contributed by atoms with Crippen molar-refractivity contribution in [2.75, 3.05) is 19.6 Å². The van der Waals surface area contributed by atoms with Crippen LogP contribution in [0.15, 0.2) is 22.1 Å². The molecule has 1 heterocycles. The zero-order chi connectivity index (χ0) is 13.7. The Bertz CT molecular complexity index is 402. The summed E-state index contributed by atoms with van der Waals surface area (Å²) in [4.78, 5) is 21.8. The Kier molecular flexibility index (Phi) is 5.57. The minimum absolute atomic E-state index is 0.0969. The molecule has 0 aromatic rings. The third kappa shape index (κ3) is 4.63. The van der Waals surface area contributed by atoms with Gasteiger partial charge in [0.05, 0.1) is 6.54 Å². The molecule has 7 heteroatoms. The van der Waals surface area contributed by atoms with Crippen LogP contribution in [0.2, 0.25) is 0 Å². The molecular weight excluding hydrogens is 345 g/mol. The fraction of sp³-hybridized carbons (Fsp3) is 0.545. The number of carbonyl (C=O) groups is 1. The molecule has 0 saturated carbocycles. The Morgan fingerprint density at radius 1 is 1.61 bits per heavy atom. The maximum Gasteiger partial charge on any atom is 0.317 e. The van der Waals surface area contributed by atoms with Gasteiger partial charge < -0.3 is 16.0 Å². The van der Waals surface area contributed by atoms with E-state index in [2.05, 4.69) is 21.9 Å². The number of nitrogens with two attached hydrogens (primary N) is 1. The zero-order valence-corrected chi connectivity index (χ0v) is 12.8. The first-order chi connectivity index (χ1) is 8.40. The smallest absolute Gasteiger partial charge is 0.317 e. The molecule has 0 atom stereocenters. The van der Waals surface area contributed by atoms with E-state index < -0.39 is 0 Å². The molecule has 0 aromatic heterocycles. The summed E-state index contributed by atoms with van der Waals surface area (Å²) < 4.78 is 0.679. The molecule has 3 N–H and O–H groups in total. The number of halogens is 1. The molecule has 2 amide bonds. The molecule has 0 bridgehead atoms. The molecule has 0 spiro atoms. The number of guanidine groups is 1. The van der Waals surface area contributed by atoms with Gasteiger partial charge in [-0.15, -0.1) is 0 Å². The molecule has 1 aliphatic heterocycles. The van der Waals surface area contributed by atoms with Crippen molar-refractivity contribution in [3.63, 3.8) is 0 Å². The molecule has 100 valence electrons. The van der Waals surface area contributed by atoms with E-state index in [-0.39, 0.29) is 18.0 Å². The summed E-state index contributed by atoms with van der Waals surface area (Å²) in [5, 5.41) is 2.85. The predicted octanol–water partition coefficient (Wildman–Crippen LogP) is 1.12. The number of rotatable bonds is 1. The van der Waals surface area contributed by atoms with Gasteiger partial charge in [-0.25, -0.2) is 14.8 Å². The highest BCUT2D eigenvalue weighted by atomic mass is 127. The van der Waals surface area contributed by atoms with Gasteiger partial charge in [0.15, 0.2) is 0 Å². The summed E-state index contributed by atoms with van der Waals surface area (Å²) in [6, 6.07) is -0.0225. The lowest BCUT2D eigenvalue weighted by Crippen LogP contribution is -2.45. The average molecular weight is 363 g/mol. The van der Waals surface area contributed by atoms with Gasteiger partial charge >= 0.3 is 6.03 Å². The lowest BCUT2D eigenvalue weighted by atomic mass is 10.3. The minimum Gasteiger partial charge on any atom is -0.368 e. The highest BCUT2D eigenvalue weighted by molar-refractivity contribution is 14.1. The highest BCUT2D eigenvalue weighted by Crippen LogP contribution is 2.08. The van der Waals surface area contributed by atoms with Gasteiger partial charge in [0.25, 0.3) is 0 Å². The van der Waals surface area contributed by atoms with Crippen molar-refractivity contribution < 1.29 is 4.79 Å². The van der Waals surface area contributed by atoms with Crippen LogP contribution in [0, 0.1) is 0 Å². The number of amides is 2. The summed E-state index contributed by atoms with van der Waals surface area (Å²) in [6.45, 7) is 9.13. The number of hydrogen-bond donors (Lipinski definition) is 2. The van der Waals surface area contributed by atoms with Crippen molar-refractivity contribution >= 4 is 38.3 Å². The lowest BCUT2D eigenvalue weighted by molar-refractivity contribution is 0.201. The lowest BCUT2D eigenvalue weighted by Gasteiger charge is -2.23. The molecule has 0 saturated heterocycles. The fourth-order valence-electron chi connectivity index (χ4n) is 1.39. The maximum atomic E-state index is 12.0. The van der Waals surface area contributed by atoms with Crippen molar-refractivity contribution in [1.82, 2.24) is 10.2 Å². The van der Waals surface area contributed by atoms with Gasteiger partial charge in [-0.1, -0.05) is 6.58 Å². The Balaban J connectivity index is 2.81. The Morgan fingerprint density at radius 2 is 2.28 bits per heavy atom. The monoisotopic (exact) mass is 363 g/mol. The van der Waals surface area contributed by atoms with Crippen molar-refractivity contribution in [2.24, 2.45) is 15.7 Å². The molecule has 0 aliphatic carbocycles. The number of nitrogens with zero attached hydrogens (tertiary/aromatic N) is 3. The summed E-state index contributed by atoms with van der Waals surface area (Å²) >= 11 is 2.05. The van der Waals surface area contributed by atoms with Gasteiger partial charge in [-0.3, -0.25) is 0 Å². The van der Waals surface area contributed by atoms with E-state index in [1.807, 2.05) is 36.4 Å². The van der Waals surface area contributed by atoms with Crippen LogP contribution in [0.1, 0.15) is 13.8 Å². The molecule has 6 nitrogen and oxygen atoms in total. The van der Waals surface area contributed by atoms with Gasteiger partial charge in [-0.2, -0.15) is 0 Å². The van der Waals surface area contributed by atoms with E-state index >= 15 is 0 Å². The summed E-state index contributed by atoms with van der Waals surface area (Å²) in [5.74, 6) is 0.228. The molecule has 0 fully saturated rings. The van der Waals surface area contributed by atoms with Crippen molar-refractivity contribution in [3.05, 3.63) is 12.2 Å². The number of nitrogens with one attached hydrogen (secondary N) is 1. The van der Waals surface area contributed by atoms with Crippen LogP contribution >= 0.6 is 22.6 Å². The van der Waals surface area contributed by atoms with Crippen LogP contribution < -0.4 is 11.1 Å². The van der Waals surface area contributed by atoms with Crippen LogP contribution in [0.4, 0.5) is 4.79 Å². The molecular formula is C11H18IN5O.